The van der Waals surface area contributed by atoms with Gasteiger partial charge in [0.15, 0.2) is 5.82 Å². The molecule has 3 heterocycles. The van der Waals surface area contributed by atoms with E-state index in [2.05, 4.69) is 15.0 Å². The van der Waals surface area contributed by atoms with E-state index in [1.165, 1.54) is 22.6 Å². The quantitative estimate of drug-likeness (QED) is 0.574. The predicted octanol–water partition coefficient (Wildman–Crippen LogP) is 2.33. The Morgan fingerprint density at radius 3 is 2.56 bits per heavy atom. The number of hydrogen-bond acceptors (Lipinski definition) is 4. The van der Waals surface area contributed by atoms with E-state index in [4.69, 9.17) is 0 Å². The molecular weight excluding hydrogens is 321 g/mol. The topological polar surface area (TPSA) is 65.1 Å². The van der Waals surface area contributed by atoms with E-state index in [9.17, 15) is 9.18 Å². The number of rotatable bonds is 4. The average Bonchev–Trinajstić information content (AvgIpc) is 3.06. The van der Waals surface area contributed by atoms with Crippen LogP contribution in [0.5, 0.6) is 0 Å². The summed E-state index contributed by atoms with van der Waals surface area (Å²) in [6, 6.07) is 9.52. The summed E-state index contributed by atoms with van der Waals surface area (Å²) in [5, 5.41) is 0. The minimum absolute atomic E-state index is 0.187. The van der Waals surface area contributed by atoms with Crippen molar-refractivity contribution in [3.05, 3.63) is 82.9 Å². The summed E-state index contributed by atoms with van der Waals surface area (Å²) in [4.78, 5) is 25.1. The van der Waals surface area contributed by atoms with Crippen LogP contribution in [0.15, 0.2) is 66.0 Å². The molecule has 0 aliphatic heterocycles. The first-order valence-electron chi connectivity index (χ1n) is 7.81. The second-order valence-electron chi connectivity index (χ2n) is 5.59. The monoisotopic (exact) mass is 335 g/mol. The van der Waals surface area contributed by atoms with Gasteiger partial charge in [0.25, 0.3) is 5.56 Å². The summed E-state index contributed by atoms with van der Waals surface area (Å²) in [5.41, 5.74) is 1.26. The number of halogens is 1. The van der Waals surface area contributed by atoms with E-state index in [0.29, 0.717) is 30.3 Å². The van der Waals surface area contributed by atoms with Gasteiger partial charge in [-0.1, -0.05) is 12.1 Å². The van der Waals surface area contributed by atoms with Crippen molar-refractivity contribution in [2.75, 3.05) is 0 Å². The van der Waals surface area contributed by atoms with Crippen molar-refractivity contribution in [1.82, 2.24) is 23.9 Å². The van der Waals surface area contributed by atoms with E-state index >= 15 is 0 Å². The minimum atomic E-state index is -0.254. The maximum Gasteiger partial charge on any atom is 0.259 e. The van der Waals surface area contributed by atoms with E-state index in [0.717, 1.165) is 5.56 Å². The molecule has 124 valence electrons. The molecule has 0 aliphatic carbocycles. The average molecular weight is 335 g/mol. The van der Waals surface area contributed by atoms with Crippen molar-refractivity contribution < 1.29 is 4.39 Å². The fourth-order valence-electron chi connectivity index (χ4n) is 2.66. The summed E-state index contributed by atoms with van der Waals surface area (Å²) in [6.07, 6.45) is 7.42. The van der Waals surface area contributed by atoms with Crippen LogP contribution in [0, 0.1) is 5.82 Å². The van der Waals surface area contributed by atoms with Crippen LogP contribution in [0.3, 0.4) is 0 Å². The van der Waals surface area contributed by atoms with Gasteiger partial charge in [0.1, 0.15) is 11.5 Å². The second kappa shape index (κ2) is 6.27. The van der Waals surface area contributed by atoms with Gasteiger partial charge in [-0.25, -0.2) is 19.3 Å². The Morgan fingerprint density at radius 1 is 1.04 bits per heavy atom. The number of fused-ring (bicyclic) bond motifs is 1. The summed E-state index contributed by atoms with van der Waals surface area (Å²) >= 11 is 0. The first kappa shape index (κ1) is 15.2. The molecule has 0 saturated heterocycles. The predicted molar refractivity (Wildman–Crippen MR) is 90.6 cm³/mol. The normalized spacial score (nSPS) is 11.1. The van der Waals surface area contributed by atoms with Crippen LogP contribution < -0.4 is 5.56 Å². The van der Waals surface area contributed by atoms with Crippen molar-refractivity contribution >= 4 is 5.78 Å². The molecule has 25 heavy (non-hydrogen) atoms. The number of aryl methyl sites for hydroxylation is 2. The van der Waals surface area contributed by atoms with Gasteiger partial charge in [0.2, 0.25) is 5.78 Å². The Bertz CT molecular complexity index is 1070. The van der Waals surface area contributed by atoms with Gasteiger partial charge in [0.05, 0.1) is 0 Å². The number of hydrogen-bond donors (Lipinski definition) is 0. The lowest BCUT2D eigenvalue weighted by Gasteiger charge is -2.06. The summed E-state index contributed by atoms with van der Waals surface area (Å²) in [5.74, 6) is 0.682. The highest BCUT2D eigenvalue weighted by atomic mass is 19.1. The molecule has 0 unspecified atom stereocenters. The first-order valence-corrected chi connectivity index (χ1v) is 7.81. The van der Waals surface area contributed by atoms with Gasteiger partial charge in [-0.2, -0.15) is 0 Å². The Balaban J connectivity index is 1.69. The maximum absolute atomic E-state index is 13.0. The van der Waals surface area contributed by atoms with E-state index < -0.39 is 0 Å². The SMILES string of the molecule is O=c1cc(-c2ncccn2)nc2n(CCc3ccc(F)cc3)ccn12. The van der Waals surface area contributed by atoms with Crippen LogP contribution in [-0.2, 0) is 13.0 Å². The molecule has 0 spiro atoms. The molecule has 3 aromatic heterocycles. The fraction of sp³-hybridized carbons (Fsp3) is 0.111. The third-order valence-electron chi connectivity index (χ3n) is 3.94. The summed E-state index contributed by atoms with van der Waals surface area (Å²) in [6.45, 7) is 0.619. The highest BCUT2D eigenvalue weighted by Gasteiger charge is 2.10. The third kappa shape index (κ3) is 3.03. The van der Waals surface area contributed by atoms with Crippen molar-refractivity contribution in [3.8, 4) is 11.5 Å². The van der Waals surface area contributed by atoms with Crippen LogP contribution in [0.25, 0.3) is 17.3 Å². The van der Waals surface area contributed by atoms with Crippen molar-refractivity contribution in [3.63, 3.8) is 0 Å². The van der Waals surface area contributed by atoms with Crippen molar-refractivity contribution in [1.29, 1.82) is 0 Å². The third-order valence-corrected chi connectivity index (χ3v) is 3.94. The van der Waals surface area contributed by atoms with Gasteiger partial charge in [-0.05, 0) is 30.2 Å². The second-order valence-corrected chi connectivity index (χ2v) is 5.59. The molecule has 4 rings (SSSR count). The molecule has 0 amide bonds. The largest absolute Gasteiger partial charge is 0.316 e. The van der Waals surface area contributed by atoms with E-state index in [-0.39, 0.29) is 11.4 Å². The fourth-order valence-corrected chi connectivity index (χ4v) is 2.66. The molecule has 0 bridgehead atoms. The Hall–Kier alpha value is -3.35. The zero-order valence-electron chi connectivity index (χ0n) is 13.2. The lowest BCUT2D eigenvalue weighted by molar-refractivity contribution is 0.625. The Labute approximate surface area is 142 Å². The number of imidazole rings is 1. The smallest absolute Gasteiger partial charge is 0.259 e. The summed E-state index contributed by atoms with van der Waals surface area (Å²) < 4.78 is 16.4. The van der Waals surface area contributed by atoms with Gasteiger partial charge >= 0.3 is 0 Å². The molecule has 4 aromatic rings. The number of nitrogens with zero attached hydrogens (tertiary/aromatic N) is 5. The molecule has 0 saturated carbocycles. The molecule has 0 fully saturated rings. The molecule has 1 aromatic carbocycles. The van der Waals surface area contributed by atoms with Crippen LogP contribution >= 0.6 is 0 Å². The maximum atomic E-state index is 13.0. The lowest BCUT2D eigenvalue weighted by atomic mass is 10.1. The first-order chi connectivity index (χ1) is 12.2. The molecule has 7 heteroatoms. The zero-order valence-corrected chi connectivity index (χ0v) is 13.2. The van der Waals surface area contributed by atoms with E-state index in [1.807, 2.05) is 10.8 Å². The molecule has 6 nitrogen and oxygen atoms in total. The van der Waals surface area contributed by atoms with Crippen LogP contribution in [-0.4, -0.2) is 23.9 Å². The number of aromatic nitrogens is 5. The van der Waals surface area contributed by atoms with Crippen molar-refractivity contribution in [2.45, 2.75) is 13.0 Å². The Morgan fingerprint density at radius 2 is 1.80 bits per heavy atom. The molecular formula is C18H14FN5O. The Kier molecular flexibility index (Phi) is 3.81. The van der Waals surface area contributed by atoms with Crippen LogP contribution in [0.4, 0.5) is 4.39 Å². The standard InChI is InChI=1S/C18H14FN5O/c19-14-4-2-13(3-5-14)6-9-23-10-11-24-16(25)12-15(22-18(23)24)17-20-7-1-8-21-17/h1-5,7-8,10-12H,6,9H2. The lowest BCUT2D eigenvalue weighted by Crippen LogP contribution is -2.15. The number of benzene rings is 1. The van der Waals surface area contributed by atoms with Crippen molar-refractivity contribution in [2.24, 2.45) is 0 Å². The van der Waals surface area contributed by atoms with E-state index in [1.54, 1.807) is 36.8 Å². The van der Waals surface area contributed by atoms with Gasteiger partial charge in [-0.3, -0.25) is 9.20 Å². The minimum Gasteiger partial charge on any atom is -0.316 e. The molecule has 0 N–H and O–H groups in total. The zero-order chi connectivity index (χ0) is 17.2. The van der Waals surface area contributed by atoms with Gasteiger partial charge in [-0.15, -0.1) is 0 Å². The molecule has 0 radical (unpaired) electrons. The summed E-state index contributed by atoms with van der Waals surface area (Å²) in [7, 11) is 0. The molecule has 0 aliphatic rings. The van der Waals surface area contributed by atoms with Gasteiger partial charge < -0.3 is 4.57 Å². The highest BCUT2D eigenvalue weighted by molar-refractivity contribution is 5.51. The van der Waals surface area contributed by atoms with Gasteiger partial charge in [0, 0.05) is 37.4 Å². The van der Waals surface area contributed by atoms with Crippen LogP contribution in [0.2, 0.25) is 0 Å². The highest BCUT2D eigenvalue weighted by Crippen LogP contribution is 2.12. The molecule has 0 atom stereocenters. The van der Waals surface area contributed by atoms with Crippen LogP contribution in [0.1, 0.15) is 5.56 Å².